The number of rotatable bonds is 3. The van der Waals surface area contributed by atoms with Crippen LogP contribution in [0.25, 0.3) is 5.69 Å². The number of carbonyl (C=O) groups excluding carboxylic acids is 2. The van der Waals surface area contributed by atoms with Gasteiger partial charge >= 0.3 is 5.97 Å². The summed E-state index contributed by atoms with van der Waals surface area (Å²) in [6.45, 7) is 4.82. The maximum atomic E-state index is 12.7. The molecule has 2 N–H and O–H groups in total. The summed E-state index contributed by atoms with van der Waals surface area (Å²) < 4.78 is 8.19. The van der Waals surface area contributed by atoms with Crippen molar-refractivity contribution in [3.8, 4) is 5.69 Å². The van der Waals surface area contributed by atoms with Crippen molar-refractivity contribution in [2.24, 2.45) is 12.1 Å². The Bertz CT molecular complexity index is 947. The van der Waals surface area contributed by atoms with Gasteiger partial charge in [-0.05, 0) is 32.9 Å². The standard InChI is InChI=1S/C17H19N5O4/c1-10-12(15(24)22(21(10)4)11-8-6-5-7-9-11)19-20-13-14(23)18-17(2,3)26-16(13)25/h5-9,19H,1-4H3,(H,18,23)/b20-13-. The van der Waals surface area contributed by atoms with Crippen LogP contribution in [0.1, 0.15) is 19.5 Å². The van der Waals surface area contributed by atoms with Crippen molar-refractivity contribution in [2.75, 3.05) is 5.43 Å². The molecule has 0 bridgehead atoms. The molecule has 136 valence electrons. The molecule has 2 heterocycles. The molecule has 0 unspecified atom stereocenters. The van der Waals surface area contributed by atoms with Crippen LogP contribution in [0.5, 0.6) is 0 Å². The topological polar surface area (TPSA) is 107 Å². The molecule has 2 aromatic rings. The van der Waals surface area contributed by atoms with E-state index in [4.69, 9.17) is 4.74 Å². The molecule has 1 fully saturated rings. The van der Waals surface area contributed by atoms with Crippen molar-refractivity contribution < 1.29 is 14.3 Å². The third kappa shape index (κ3) is 2.99. The Labute approximate surface area is 149 Å². The fraction of sp³-hybridized carbons (Fsp3) is 0.294. The summed E-state index contributed by atoms with van der Waals surface area (Å²) in [5, 5.41) is 6.31. The largest absolute Gasteiger partial charge is 0.435 e. The number of benzene rings is 1. The molecular formula is C17H19N5O4. The van der Waals surface area contributed by atoms with Crippen LogP contribution in [-0.2, 0) is 21.4 Å². The highest BCUT2D eigenvalue weighted by Gasteiger charge is 2.38. The molecule has 9 heteroatoms. The van der Waals surface area contributed by atoms with Crippen molar-refractivity contribution >= 4 is 23.3 Å². The average Bonchev–Trinajstić information content (AvgIpc) is 2.77. The van der Waals surface area contributed by atoms with E-state index in [1.807, 2.05) is 18.2 Å². The molecule has 0 spiro atoms. The summed E-state index contributed by atoms with van der Waals surface area (Å²) in [6, 6.07) is 9.09. The lowest BCUT2D eigenvalue weighted by Gasteiger charge is -2.30. The molecule has 1 aliphatic rings. The number of nitrogens with zero attached hydrogens (tertiary/aromatic N) is 3. The second-order valence-electron chi connectivity index (χ2n) is 6.36. The molecule has 26 heavy (non-hydrogen) atoms. The molecule has 1 aromatic carbocycles. The number of aromatic nitrogens is 2. The molecular weight excluding hydrogens is 338 g/mol. The fourth-order valence-electron chi connectivity index (χ4n) is 2.64. The number of hydrogen-bond donors (Lipinski definition) is 2. The van der Waals surface area contributed by atoms with Crippen LogP contribution in [0.3, 0.4) is 0 Å². The van der Waals surface area contributed by atoms with Crippen LogP contribution in [0.2, 0.25) is 0 Å². The van der Waals surface area contributed by atoms with E-state index < -0.39 is 23.3 Å². The smallest absolute Gasteiger partial charge is 0.366 e. The third-order valence-electron chi connectivity index (χ3n) is 4.00. The number of anilines is 1. The van der Waals surface area contributed by atoms with Gasteiger partial charge in [-0.25, -0.2) is 9.48 Å². The molecule has 0 atom stereocenters. The lowest BCUT2D eigenvalue weighted by atomic mass is 10.2. The molecule has 1 amide bonds. The van der Waals surface area contributed by atoms with Gasteiger partial charge in [-0.15, -0.1) is 0 Å². The van der Waals surface area contributed by atoms with Gasteiger partial charge in [0.2, 0.25) is 5.71 Å². The predicted molar refractivity (Wildman–Crippen MR) is 95.1 cm³/mol. The van der Waals surface area contributed by atoms with Crippen molar-refractivity contribution in [1.29, 1.82) is 0 Å². The van der Waals surface area contributed by atoms with Crippen LogP contribution >= 0.6 is 0 Å². The summed E-state index contributed by atoms with van der Waals surface area (Å²) in [5.74, 6) is -1.53. The molecule has 0 radical (unpaired) electrons. The lowest BCUT2D eigenvalue weighted by Crippen LogP contribution is -2.57. The number of carbonyl (C=O) groups is 2. The van der Waals surface area contributed by atoms with Crippen LogP contribution < -0.4 is 16.3 Å². The van der Waals surface area contributed by atoms with Gasteiger partial charge in [0.1, 0.15) is 5.69 Å². The van der Waals surface area contributed by atoms with E-state index in [2.05, 4.69) is 15.8 Å². The van der Waals surface area contributed by atoms with Gasteiger partial charge in [-0.2, -0.15) is 5.10 Å². The van der Waals surface area contributed by atoms with Crippen molar-refractivity contribution in [1.82, 2.24) is 14.7 Å². The minimum Gasteiger partial charge on any atom is -0.435 e. The zero-order valence-electron chi connectivity index (χ0n) is 14.9. The highest BCUT2D eigenvalue weighted by Crippen LogP contribution is 2.15. The van der Waals surface area contributed by atoms with Crippen LogP contribution in [0, 0.1) is 6.92 Å². The van der Waals surface area contributed by atoms with E-state index in [1.54, 1.807) is 44.6 Å². The second-order valence-corrected chi connectivity index (χ2v) is 6.36. The monoisotopic (exact) mass is 357 g/mol. The number of esters is 1. The molecule has 1 aliphatic heterocycles. The zero-order chi connectivity index (χ0) is 19.1. The van der Waals surface area contributed by atoms with Gasteiger partial charge in [0.15, 0.2) is 5.72 Å². The first kappa shape index (κ1) is 17.5. The van der Waals surface area contributed by atoms with Gasteiger partial charge < -0.3 is 10.1 Å². The number of amides is 1. The van der Waals surface area contributed by atoms with E-state index in [0.29, 0.717) is 11.4 Å². The Balaban J connectivity index is 1.96. The SMILES string of the molecule is Cc1c(N/N=C2/C(=O)NC(C)(C)OC2=O)c(=O)n(-c2ccccc2)n1C. The van der Waals surface area contributed by atoms with Gasteiger partial charge in [0.05, 0.1) is 11.4 Å². The first-order valence-electron chi connectivity index (χ1n) is 7.95. The summed E-state index contributed by atoms with van der Waals surface area (Å²) >= 11 is 0. The highest BCUT2D eigenvalue weighted by molar-refractivity contribution is 6.64. The minimum absolute atomic E-state index is 0.161. The summed E-state index contributed by atoms with van der Waals surface area (Å²) in [6.07, 6.45) is 0. The number of nitrogens with one attached hydrogen (secondary N) is 2. The molecule has 0 saturated carbocycles. The molecule has 3 rings (SSSR count). The quantitative estimate of drug-likeness (QED) is 0.620. The first-order valence-corrected chi connectivity index (χ1v) is 7.95. The lowest BCUT2D eigenvalue weighted by molar-refractivity contribution is -0.157. The summed E-state index contributed by atoms with van der Waals surface area (Å²) in [5.41, 5.74) is 2.07. The maximum Gasteiger partial charge on any atom is 0.366 e. The number of hydrogen-bond acceptors (Lipinski definition) is 6. The Morgan fingerprint density at radius 3 is 2.42 bits per heavy atom. The number of hydrazone groups is 1. The minimum atomic E-state index is -1.10. The molecule has 9 nitrogen and oxygen atoms in total. The summed E-state index contributed by atoms with van der Waals surface area (Å²) in [4.78, 5) is 36.7. The van der Waals surface area contributed by atoms with E-state index >= 15 is 0 Å². The number of ether oxygens (including phenoxy) is 1. The fourth-order valence-corrected chi connectivity index (χ4v) is 2.64. The van der Waals surface area contributed by atoms with Gasteiger partial charge in [-0.3, -0.25) is 19.7 Å². The van der Waals surface area contributed by atoms with E-state index in [9.17, 15) is 14.4 Å². The zero-order valence-corrected chi connectivity index (χ0v) is 14.9. The highest BCUT2D eigenvalue weighted by atomic mass is 16.6. The molecule has 0 aliphatic carbocycles. The van der Waals surface area contributed by atoms with Crippen LogP contribution in [-0.4, -0.2) is 32.7 Å². The predicted octanol–water partition coefficient (Wildman–Crippen LogP) is 0.661. The Hall–Kier alpha value is -3.36. The van der Waals surface area contributed by atoms with Crippen molar-refractivity contribution in [2.45, 2.75) is 26.5 Å². The number of para-hydroxylation sites is 1. The van der Waals surface area contributed by atoms with Crippen LogP contribution in [0.4, 0.5) is 5.69 Å². The molecule has 1 aromatic heterocycles. The maximum absolute atomic E-state index is 12.7. The first-order chi connectivity index (χ1) is 12.2. The molecule has 1 saturated heterocycles. The van der Waals surface area contributed by atoms with Crippen LogP contribution in [0.15, 0.2) is 40.2 Å². The van der Waals surface area contributed by atoms with E-state index in [0.717, 1.165) is 0 Å². The third-order valence-corrected chi connectivity index (χ3v) is 4.00. The number of cyclic esters (lactones) is 1. The van der Waals surface area contributed by atoms with Gasteiger partial charge in [0.25, 0.3) is 11.5 Å². The van der Waals surface area contributed by atoms with E-state index in [1.165, 1.54) is 4.68 Å². The summed E-state index contributed by atoms with van der Waals surface area (Å²) in [7, 11) is 1.73. The van der Waals surface area contributed by atoms with Gasteiger partial charge in [0, 0.05) is 7.05 Å². The van der Waals surface area contributed by atoms with Crippen molar-refractivity contribution in [3.05, 3.63) is 46.4 Å². The Morgan fingerprint density at radius 1 is 1.15 bits per heavy atom. The second kappa shape index (κ2) is 6.17. The average molecular weight is 357 g/mol. The Morgan fingerprint density at radius 2 is 1.81 bits per heavy atom. The van der Waals surface area contributed by atoms with Gasteiger partial charge in [-0.1, -0.05) is 18.2 Å². The van der Waals surface area contributed by atoms with Crippen molar-refractivity contribution in [3.63, 3.8) is 0 Å². The Kier molecular flexibility index (Phi) is 4.15. The van der Waals surface area contributed by atoms with E-state index in [-0.39, 0.29) is 11.2 Å². The normalized spacial score (nSPS) is 17.8.